The Morgan fingerprint density at radius 1 is 1.53 bits per heavy atom. The van der Waals surface area contributed by atoms with Crippen LogP contribution in [0.25, 0.3) is 0 Å². The molecule has 0 aliphatic carbocycles. The molecule has 2 rings (SSSR count). The highest BCUT2D eigenvalue weighted by Gasteiger charge is 2.06. The van der Waals surface area contributed by atoms with Crippen LogP contribution in [0.5, 0.6) is 0 Å². The molecule has 0 amide bonds. The molecule has 4 nitrogen and oxygen atoms in total. The molecule has 0 saturated carbocycles. The predicted molar refractivity (Wildman–Crippen MR) is 67.9 cm³/mol. The smallest absolute Gasteiger partial charge is 0.336 e. The lowest BCUT2D eigenvalue weighted by Gasteiger charge is -2.03. The number of carboxylic acid groups (broad SMARTS) is 1. The molecule has 0 fully saturated rings. The summed E-state index contributed by atoms with van der Waals surface area (Å²) in [6, 6.07) is 6.94. The number of halogens is 1. The molecule has 0 saturated heterocycles. The van der Waals surface area contributed by atoms with Crippen molar-refractivity contribution >= 4 is 34.7 Å². The Morgan fingerprint density at radius 3 is 3.00 bits per heavy atom. The van der Waals surface area contributed by atoms with Gasteiger partial charge in [-0.1, -0.05) is 17.7 Å². The molecular formula is C11H9ClN2O2S. The zero-order valence-electron chi connectivity index (χ0n) is 8.68. The van der Waals surface area contributed by atoms with Gasteiger partial charge >= 0.3 is 5.97 Å². The van der Waals surface area contributed by atoms with E-state index in [0.29, 0.717) is 23.1 Å². The number of aromatic carboxylic acids is 1. The first kappa shape index (κ1) is 11.9. The van der Waals surface area contributed by atoms with Gasteiger partial charge in [0, 0.05) is 10.3 Å². The van der Waals surface area contributed by atoms with Gasteiger partial charge in [0.25, 0.3) is 0 Å². The Bertz CT molecular complexity index is 542. The Kier molecular flexibility index (Phi) is 3.61. The Hall–Kier alpha value is -1.59. The lowest BCUT2D eigenvalue weighted by molar-refractivity contribution is 0.0697. The fourth-order valence-corrected chi connectivity index (χ4v) is 2.23. The molecule has 0 aliphatic heterocycles. The van der Waals surface area contributed by atoms with Crippen molar-refractivity contribution in [2.24, 2.45) is 0 Å². The van der Waals surface area contributed by atoms with E-state index in [1.807, 2.05) is 0 Å². The van der Waals surface area contributed by atoms with Gasteiger partial charge < -0.3 is 10.4 Å². The van der Waals surface area contributed by atoms with Gasteiger partial charge in [-0.05, 0) is 18.2 Å². The molecule has 0 spiro atoms. The van der Waals surface area contributed by atoms with Crippen LogP contribution in [0.4, 0.5) is 5.82 Å². The number of pyridine rings is 1. The van der Waals surface area contributed by atoms with Crippen LogP contribution < -0.4 is 5.32 Å². The van der Waals surface area contributed by atoms with E-state index in [-0.39, 0.29) is 0 Å². The van der Waals surface area contributed by atoms with E-state index in [1.165, 1.54) is 11.3 Å². The monoisotopic (exact) mass is 268 g/mol. The molecule has 0 bridgehead atoms. The number of rotatable bonds is 4. The number of aromatic nitrogens is 1. The van der Waals surface area contributed by atoms with E-state index in [0.717, 1.165) is 4.88 Å². The van der Waals surface area contributed by atoms with E-state index < -0.39 is 5.97 Å². The summed E-state index contributed by atoms with van der Waals surface area (Å²) in [5.41, 5.74) is 0.311. The van der Waals surface area contributed by atoms with Gasteiger partial charge in [0.05, 0.1) is 12.1 Å². The van der Waals surface area contributed by atoms with Crippen molar-refractivity contribution in [1.82, 2.24) is 4.98 Å². The molecule has 0 radical (unpaired) electrons. The number of carbonyl (C=O) groups is 1. The highest BCUT2D eigenvalue weighted by Crippen LogP contribution is 2.17. The van der Waals surface area contributed by atoms with Gasteiger partial charge in [-0.15, -0.1) is 11.3 Å². The number of nitrogens with zero attached hydrogens (tertiary/aromatic N) is 1. The SMILES string of the molecule is O=C(O)c1csc(CNc2cccc(Cl)n2)c1. The fraction of sp³-hybridized carbons (Fsp3) is 0.0909. The van der Waals surface area contributed by atoms with Gasteiger partial charge in [0.15, 0.2) is 0 Å². The Labute approximate surface area is 107 Å². The lowest BCUT2D eigenvalue weighted by Crippen LogP contribution is -1.99. The Balaban J connectivity index is 2.00. The second-order valence-electron chi connectivity index (χ2n) is 3.31. The molecule has 2 aromatic heterocycles. The minimum absolute atomic E-state index is 0.311. The lowest BCUT2D eigenvalue weighted by atomic mass is 10.3. The first-order valence-corrected chi connectivity index (χ1v) is 6.08. The fourth-order valence-electron chi connectivity index (χ4n) is 1.27. The normalized spacial score (nSPS) is 10.2. The van der Waals surface area contributed by atoms with Crippen LogP contribution in [0.2, 0.25) is 5.15 Å². The molecule has 2 N–H and O–H groups in total. The van der Waals surface area contributed by atoms with E-state index in [2.05, 4.69) is 10.3 Å². The first-order chi connectivity index (χ1) is 8.15. The molecule has 17 heavy (non-hydrogen) atoms. The highest BCUT2D eigenvalue weighted by molar-refractivity contribution is 7.10. The van der Waals surface area contributed by atoms with Crippen molar-refractivity contribution in [2.75, 3.05) is 5.32 Å². The summed E-state index contributed by atoms with van der Waals surface area (Å²) in [7, 11) is 0. The van der Waals surface area contributed by atoms with E-state index in [1.54, 1.807) is 29.6 Å². The number of anilines is 1. The summed E-state index contributed by atoms with van der Waals surface area (Å²) in [5.74, 6) is -0.240. The minimum Gasteiger partial charge on any atom is -0.478 e. The maximum Gasteiger partial charge on any atom is 0.336 e. The molecule has 2 aromatic rings. The van der Waals surface area contributed by atoms with E-state index in [4.69, 9.17) is 16.7 Å². The average molecular weight is 269 g/mol. The molecule has 0 atom stereocenters. The summed E-state index contributed by atoms with van der Waals surface area (Å²) in [4.78, 5) is 15.7. The minimum atomic E-state index is -0.909. The Morgan fingerprint density at radius 2 is 2.35 bits per heavy atom. The highest BCUT2D eigenvalue weighted by atomic mass is 35.5. The van der Waals surface area contributed by atoms with Gasteiger partial charge in [0.2, 0.25) is 0 Å². The zero-order valence-corrected chi connectivity index (χ0v) is 10.3. The van der Waals surface area contributed by atoms with Gasteiger partial charge in [-0.25, -0.2) is 9.78 Å². The maximum atomic E-state index is 10.7. The quantitative estimate of drug-likeness (QED) is 0.837. The van der Waals surface area contributed by atoms with Crippen molar-refractivity contribution in [2.45, 2.75) is 6.54 Å². The second-order valence-corrected chi connectivity index (χ2v) is 4.69. The summed E-state index contributed by atoms with van der Waals surface area (Å²) in [5, 5.41) is 13.9. The summed E-state index contributed by atoms with van der Waals surface area (Å²) < 4.78 is 0. The standard InChI is InChI=1S/C11H9ClN2O2S/c12-9-2-1-3-10(14-9)13-5-8-4-7(6-17-8)11(15)16/h1-4,6H,5H2,(H,13,14)(H,15,16). The summed E-state index contributed by atoms with van der Waals surface area (Å²) >= 11 is 7.14. The third-order valence-corrected chi connectivity index (χ3v) is 3.21. The van der Waals surface area contributed by atoms with E-state index in [9.17, 15) is 4.79 Å². The van der Waals surface area contributed by atoms with Gasteiger partial charge in [0.1, 0.15) is 11.0 Å². The third-order valence-electron chi connectivity index (χ3n) is 2.06. The van der Waals surface area contributed by atoms with Crippen LogP contribution in [-0.4, -0.2) is 16.1 Å². The van der Waals surface area contributed by atoms with Crippen molar-refractivity contribution in [3.05, 3.63) is 45.2 Å². The van der Waals surface area contributed by atoms with E-state index >= 15 is 0 Å². The molecule has 0 unspecified atom stereocenters. The van der Waals surface area contributed by atoms with Crippen LogP contribution in [0.3, 0.4) is 0 Å². The maximum absolute atomic E-state index is 10.7. The van der Waals surface area contributed by atoms with Crippen molar-refractivity contribution in [3.8, 4) is 0 Å². The van der Waals surface area contributed by atoms with Gasteiger partial charge in [-0.2, -0.15) is 0 Å². The second kappa shape index (κ2) is 5.16. The van der Waals surface area contributed by atoms with Crippen molar-refractivity contribution < 1.29 is 9.90 Å². The number of nitrogens with one attached hydrogen (secondary N) is 1. The van der Waals surface area contributed by atoms with Crippen LogP contribution >= 0.6 is 22.9 Å². The molecular weight excluding hydrogens is 260 g/mol. The third kappa shape index (κ3) is 3.18. The summed E-state index contributed by atoms with van der Waals surface area (Å²) in [6.07, 6.45) is 0. The largest absolute Gasteiger partial charge is 0.478 e. The molecule has 0 aromatic carbocycles. The number of hydrogen-bond donors (Lipinski definition) is 2. The van der Waals surface area contributed by atoms with Crippen LogP contribution in [0, 0.1) is 0 Å². The van der Waals surface area contributed by atoms with Crippen LogP contribution in [-0.2, 0) is 6.54 Å². The molecule has 88 valence electrons. The molecule has 6 heteroatoms. The van der Waals surface area contributed by atoms with Crippen LogP contribution in [0.1, 0.15) is 15.2 Å². The molecule has 2 heterocycles. The zero-order chi connectivity index (χ0) is 12.3. The number of thiophene rings is 1. The van der Waals surface area contributed by atoms with Crippen molar-refractivity contribution in [3.63, 3.8) is 0 Å². The average Bonchev–Trinajstić information content (AvgIpc) is 2.75. The number of hydrogen-bond acceptors (Lipinski definition) is 4. The topological polar surface area (TPSA) is 62.2 Å². The van der Waals surface area contributed by atoms with Crippen LogP contribution in [0.15, 0.2) is 29.6 Å². The van der Waals surface area contributed by atoms with Gasteiger partial charge in [-0.3, -0.25) is 0 Å². The first-order valence-electron chi connectivity index (χ1n) is 4.82. The predicted octanol–water partition coefficient (Wildman–Crippen LogP) is 3.11. The van der Waals surface area contributed by atoms with Crippen molar-refractivity contribution in [1.29, 1.82) is 0 Å². The summed E-state index contributed by atoms with van der Waals surface area (Å²) in [6.45, 7) is 0.533. The molecule has 0 aliphatic rings. The number of carboxylic acids is 1.